The summed E-state index contributed by atoms with van der Waals surface area (Å²) in [6.07, 6.45) is -2.12. The lowest BCUT2D eigenvalue weighted by Crippen LogP contribution is -2.25. The Morgan fingerprint density at radius 2 is 1.97 bits per heavy atom. The van der Waals surface area contributed by atoms with Gasteiger partial charge in [-0.05, 0) is 37.0 Å². The Morgan fingerprint density at radius 1 is 1.17 bits per heavy atom. The highest BCUT2D eigenvalue weighted by Crippen LogP contribution is 2.33. The van der Waals surface area contributed by atoms with E-state index < -0.39 is 11.7 Å². The van der Waals surface area contributed by atoms with Crippen molar-refractivity contribution < 1.29 is 22.7 Å². The van der Waals surface area contributed by atoms with E-state index in [0.717, 1.165) is 24.5 Å². The zero-order chi connectivity index (χ0) is 21.1. The molecule has 4 nitrogen and oxygen atoms in total. The fourth-order valence-corrected chi connectivity index (χ4v) is 3.76. The molecule has 0 unspecified atom stereocenters. The van der Waals surface area contributed by atoms with Crippen LogP contribution < -0.4 is 10.1 Å². The van der Waals surface area contributed by atoms with Crippen LogP contribution in [0.3, 0.4) is 0 Å². The molecule has 8 heteroatoms. The zero-order valence-corrected chi connectivity index (χ0v) is 16.7. The molecule has 0 radical (unpaired) electrons. The van der Waals surface area contributed by atoms with Crippen LogP contribution in [-0.2, 0) is 12.8 Å². The second-order valence-electron chi connectivity index (χ2n) is 7.16. The molecule has 1 aliphatic carbocycles. The number of ether oxygens (including phenoxy) is 1. The molecule has 1 aromatic heterocycles. The van der Waals surface area contributed by atoms with E-state index in [9.17, 15) is 18.0 Å². The number of nitrogens with one attached hydrogen (secondary N) is 1. The van der Waals surface area contributed by atoms with Gasteiger partial charge in [0.05, 0.1) is 5.56 Å². The van der Waals surface area contributed by atoms with E-state index in [4.69, 9.17) is 4.74 Å². The van der Waals surface area contributed by atoms with Crippen molar-refractivity contribution in [3.8, 4) is 16.3 Å². The third-order valence-electron chi connectivity index (χ3n) is 4.78. The monoisotopic (exact) mass is 432 g/mol. The predicted octanol–water partition coefficient (Wildman–Crippen LogP) is 5.55. The van der Waals surface area contributed by atoms with Crippen molar-refractivity contribution in [3.05, 3.63) is 70.7 Å². The van der Waals surface area contributed by atoms with E-state index in [2.05, 4.69) is 10.3 Å². The molecule has 0 atom stereocenters. The number of halogens is 3. The van der Waals surface area contributed by atoms with Gasteiger partial charge in [0, 0.05) is 23.1 Å². The maximum absolute atomic E-state index is 13.1. The number of hydrogen-bond acceptors (Lipinski definition) is 4. The summed E-state index contributed by atoms with van der Waals surface area (Å²) < 4.78 is 45.0. The molecule has 0 bridgehead atoms. The molecule has 30 heavy (non-hydrogen) atoms. The molecular formula is C22H19F3N2O2S. The van der Waals surface area contributed by atoms with Gasteiger partial charge in [0.2, 0.25) is 0 Å². The summed E-state index contributed by atoms with van der Waals surface area (Å²) in [6.45, 7) is 0.472. The van der Waals surface area contributed by atoms with Gasteiger partial charge in [0.15, 0.2) is 0 Å². The van der Waals surface area contributed by atoms with Gasteiger partial charge >= 0.3 is 6.18 Å². The van der Waals surface area contributed by atoms with E-state index in [-0.39, 0.29) is 18.1 Å². The summed E-state index contributed by atoms with van der Waals surface area (Å²) in [5.41, 5.74) is 0.464. The first-order chi connectivity index (χ1) is 14.4. The van der Waals surface area contributed by atoms with Crippen molar-refractivity contribution in [2.75, 3.05) is 6.54 Å². The first-order valence-corrected chi connectivity index (χ1v) is 10.4. The minimum Gasteiger partial charge on any atom is -0.489 e. The first kappa shape index (κ1) is 20.4. The lowest BCUT2D eigenvalue weighted by atomic mass is 10.1. The summed E-state index contributed by atoms with van der Waals surface area (Å²) in [7, 11) is 0. The third kappa shape index (κ3) is 4.99. The summed E-state index contributed by atoms with van der Waals surface area (Å²) in [5.74, 6) is 0.823. The predicted molar refractivity (Wildman–Crippen MR) is 108 cm³/mol. The van der Waals surface area contributed by atoms with Crippen LogP contribution in [0.15, 0.2) is 53.9 Å². The Balaban J connectivity index is 1.44. The van der Waals surface area contributed by atoms with Gasteiger partial charge in [-0.2, -0.15) is 13.2 Å². The number of rotatable bonds is 7. The standard InChI is InChI=1S/C22H19F3N2O2S/c23-22(24,25)18-7-2-1-4-16(18)12-29-17-6-3-5-15(10-17)21-27-19(13-30-21)20(28)26-11-14-8-9-14/h1-7,10,13-14H,8-9,11-12H2,(H,26,28). The van der Waals surface area contributed by atoms with Crippen LogP contribution in [0.2, 0.25) is 0 Å². The number of aromatic nitrogens is 1. The highest BCUT2D eigenvalue weighted by molar-refractivity contribution is 7.13. The summed E-state index contributed by atoms with van der Waals surface area (Å²) in [4.78, 5) is 16.6. The van der Waals surface area contributed by atoms with Crippen LogP contribution >= 0.6 is 11.3 Å². The van der Waals surface area contributed by atoms with Crippen LogP contribution in [0.4, 0.5) is 13.2 Å². The Kier molecular flexibility index (Phi) is 5.76. The molecule has 2 aromatic carbocycles. The molecule has 1 saturated carbocycles. The molecule has 1 aliphatic rings. The molecule has 1 heterocycles. The van der Waals surface area contributed by atoms with Gasteiger partial charge in [0.1, 0.15) is 23.1 Å². The van der Waals surface area contributed by atoms with E-state index in [1.165, 1.54) is 23.5 Å². The maximum atomic E-state index is 13.1. The Morgan fingerprint density at radius 3 is 2.73 bits per heavy atom. The first-order valence-electron chi connectivity index (χ1n) is 9.52. The lowest BCUT2D eigenvalue weighted by Gasteiger charge is -2.13. The number of amides is 1. The highest BCUT2D eigenvalue weighted by Gasteiger charge is 2.33. The summed E-state index contributed by atoms with van der Waals surface area (Å²) in [5, 5.41) is 5.23. The SMILES string of the molecule is O=C(NCC1CC1)c1csc(-c2cccc(OCc3ccccc3C(F)(F)F)c2)n1. The minimum absolute atomic E-state index is 0.0688. The zero-order valence-electron chi connectivity index (χ0n) is 15.9. The van der Waals surface area contributed by atoms with Crippen molar-refractivity contribution in [2.45, 2.75) is 25.6 Å². The fourth-order valence-electron chi connectivity index (χ4n) is 2.96. The van der Waals surface area contributed by atoms with E-state index in [0.29, 0.717) is 28.9 Å². The van der Waals surface area contributed by atoms with Crippen LogP contribution in [0.5, 0.6) is 5.75 Å². The Hall–Kier alpha value is -2.87. The molecule has 0 aliphatic heterocycles. The number of nitrogens with zero attached hydrogens (tertiary/aromatic N) is 1. The van der Waals surface area contributed by atoms with Crippen molar-refractivity contribution in [1.29, 1.82) is 0 Å². The number of carbonyl (C=O) groups excluding carboxylic acids is 1. The van der Waals surface area contributed by atoms with Crippen molar-refractivity contribution in [1.82, 2.24) is 10.3 Å². The van der Waals surface area contributed by atoms with Gasteiger partial charge in [-0.25, -0.2) is 4.98 Å². The van der Waals surface area contributed by atoms with Gasteiger partial charge in [-0.1, -0.05) is 30.3 Å². The van der Waals surface area contributed by atoms with Gasteiger partial charge < -0.3 is 10.1 Å². The molecule has 0 spiro atoms. The van der Waals surface area contributed by atoms with E-state index in [1.807, 2.05) is 6.07 Å². The number of hydrogen-bond donors (Lipinski definition) is 1. The van der Waals surface area contributed by atoms with Crippen molar-refractivity contribution in [2.24, 2.45) is 5.92 Å². The largest absolute Gasteiger partial charge is 0.489 e. The quantitative estimate of drug-likeness (QED) is 0.533. The summed E-state index contributed by atoms with van der Waals surface area (Å²) in [6, 6.07) is 12.3. The highest BCUT2D eigenvalue weighted by atomic mass is 32.1. The molecule has 4 rings (SSSR count). The summed E-state index contributed by atoms with van der Waals surface area (Å²) >= 11 is 1.33. The van der Waals surface area contributed by atoms with Crippen LogP contribution in [0.1, 0.15) is 34.5 Å². The van der Waals surface area contributed by atoms with E-state index >= 15 is 0 Å². The van der Waals surface area contributed by atoms with Crippen LogP contribution in [0.25, 0.3) is 10.6 Å². The number of alkyl halides is 3. The topological polar surface area (TPSA) is 51.2 Å². The maximum Gasteiger partial charge on any atom is 0.416 e. The number of thiazole rings is 1. The molecular weight excluding hydrogens is 413 g/mol. The van der Waals surface area contributed by atoms with E-state index in [1.54, 1.807) is 29.6 Å². The third-order valence-corrected chi connectivity index (χ3v) is 5.67. The fraction of sp³-hybridized carbons (Fsp3) is 0.273. The molecule has 156 valence electrons. The normalized spacial score (nSPS) is 13.8. The second kappa shape index (κ2) is 8.47. The molecule has 3 aromatic rings. The molecule has 0 saturated heterocycles. The van der Waals surface area contributed by atoms with Crippen LogP contribution in [-0.4, -0.2) is 17.4 Å². The van der Waals surface area contributed by atoms with Gasteiger partial charge in [0.25, 0.3) is 5.91 Å². The number of benzene rings is 2. The smallest absolute Gasteiger partial charge is 0.416 e. The Bertz CT molecular complexity index is 1040. The number of carbonyl (C=O) groups is 1. The average Bonchev–Trinajstić information content (AvgIpc) is 3.43. The van der Waals surface area contributed by atoms with Crippen LogP contribution in [0, 0.1) is 5.92 Å². The second-order valence-corrected chi connectivity index (χ2v) is 8.02. The molecule has 1 N–H and O–H groups in total. The average molecular weight is 432 g/mol. The minimum atomic E-state index is -4.43. The van der Waals surface area contributed by atoms with Gasteiger partial charge in [-0.15, -0.1) is 11.3 Å². The molecule has 1 fully saturated rings. The van der Waals surface area contributed by atoms with Crippen molar-refractivity contribution >= 4 is 17.2 Å². The lowest BCUT2D eigenvalue weighted by molar-refractivity contribution is -0.138. The van der Waals surface area contributed by atoms with Gasteiger partial charge in [-0.3, -0.25) is 4.79 Å². The Labute approximate surface area is 175 Å². The molecule has 1 amide bonds. The van der Waals surface area contributed by atoms with Crippen molar-refractivity contribution in [3.63, 3.8) is 0 Å².